The fourth-order valence-electron chi connectivity index (χ4n) is 2.97. The Kier molecular flexibility index (Phi) is 5.49. The number of carbonyl (C=O) groups is 3. The number of anilines is 1. The van der Waals surface area contributed by atoms with E-state index in [2.05, 4.69) is 22.6 Å². The van der Waals surface area contributed by atoms with Gasteiger partial charge in [-0.25, -0.2) is 9.48 Å². The highest BCUT2D eigenvalue weighted by molar-refractivity contribution is 6.03. The first kappa shape index (κ1) is 18.6. The Labute approximate surface area is 156 Å². The summed E-state index contributed by atoms with van der Waals surface area (Å²) in [4.78, 5) is 37.7. The fraction of sp³-hybridized carbons (Fsp3) is 0.389. The number of aromatic nitrogens is 3. The van der Waals surface area contributed by atoms with E-state index in [-0.39, 0.29) is 18.1 Å². The van der Waals surface area contributed by atoms with Crippen molar-refractivity contribution >= 4 is 23.5 Å². The van der Waals surface area contributed by atoms with Crippen molar-refractivity contribution in [2.24, 2.45) is 5.92 Å². The lowest BCUT2D eigenvalue weighted by Gasteiger charge is -2.30. The van der Waals surface area contributed by atoms with Gasteiger partial charge in [0.05, 0.1) is 17.4 Å². The summed E-state index contributed by atoms with van der Waals surface area (Å²) < 4.78 is 1.13. The number of carboxylic acids is 1. The van der Waals surface area contributed by atoms with E-state index in [1.807, 2.05) is 4.90 Å². The lowest BCUT2D eigenvalue weighted by atomic mass is 9.98. The molecule has 2 N–H and O–H groups in total. The summed E-state index contributed by atoms with van der Waals surface area (Å²) in [7, 11) is 0. The van der Waals surface area contributed by atoms with E-state index in [0.717, 1.165) is 17.5 Å². The lowest BCUT2D eigenvalue weighted by molar-refractivity contribution is -0.116. The average molecular weight is 371 g/mol. The second-order valence-corrected chi connectivity index (χ2v) is 6.67. The summed E-state index contributed by atoms with van der Waals surface area (Å²) >= 11 is 0. The van der Waals surface area contributed by atoms with Gasteiger partial charge >= 0.3 is 5.97 Å². The Morgan fingerprint density at radius 2 is 1.93 bits per heavy atom. The van der Waals surface area contributed by atoms with Gasteiger partial charge in [-0.3, -0.25) is 9.59 Å². The normalized spacial score (nSPS) is 14.8. The number of nitrogens with one attached hydrogen (secondary N) is 1. The van der Waals surface area contributed by atoms with Crippen LogP contribution in [0.5, 0.6) is 0 Å². The van der Waals surface area contributed by atoms with E-state index in [1.54, 1.807) is 24.3 Å². The van der Waals surface area contributed by atoms with E-state index in [0.29, 0.717) is 30.3 Å². The molecule has 0 unspecified atom stereocenters. The van der Waals surface area contributed by atoms with Gasteiger partial charge in [-0.2, -0.15) is 0 Å². The number of amides is 2. The van der Waals surface area contributed by atoms with Gasteiger partial charge in [-0.1, -0.05) is 24.3 Å². The Bertz CT molecular complexity index is 855. The molecule has 27 heavy (non-hydrogen) atoms. The number of hydrogen-bond donors (Lipinski definition) is 2. The molecule has 1 aliphatic heterocycles. The zero-order valence-corrected chi connectivity index (χ0v) is 15.0. The van der Waals surface area contributed by atoms with Crippen LogP contribution in [-0.4, -0.2) is 55.9 Å². The highest BCUT2D eigenvalue weighted by atomic mass is 16.4. The van der Waals surface area contributed by atoms with Crippen molar-refractivity contribution in [3.05, 3.63) is 41.7 Å². The molecule has 2 aromatic rings. The average Bonchev–Trinajstić information content (AvgIpc) is 3.11. The molecule has 2 heterocycles. The molecule has 3 rings (SSSR count). The fourth-order valence-corrected chi connectivity index (χ4v) is 2.97. The molecule has 1 aromatic heterocycles. The standard InChI is InChI=1S/C18H21N5O4/c1-12-6-8-22(9-7-12)17(25)13-4-2-3-5-14(13)19-16(24)11-23-10-15(18(26)27)20-21-23/h2-5,10,12H,6-9,11H2,1H3,(H,19,24)(H,26,27). The number of aromatic carboxylic acids is 1. The minimum absolute atomic E-state index is 0.105. The van der Waals surface area contributed by atoms with Crippen molar-refractivity contribution in [3.8, 4) is 0 Å². The van der Waals surface area contributed by atoms with Crippen molar-refractivity contribution in [1.29, 1.82) is 0 Å². The first-order valence-electron chi connectivity index (χ1n) is 8.75. The predicted octanol–water partition coefficient (Wildman–Crippen LogP) is 1.49. The van der Waals surface area contributed by atoms with Crippen LogP contribution in [0.25, 0.3) is 0 Å². The number of hydrogen-bond acceptors (Lipinski definition) is 5. The summed E-state index contributed by atoms with van der Waals surface area (Å²) in [6.45, 7) is 3.39. The first-order chi connectivity index (χ1) is 12.9. The number of benzene rings is 1. The van der Waals surface area contributed by atoms with E-state index in [4.69, 9.17) is 5.11 Å². The maximum absolute atomic E-state index is 12.8. The molecular weight excluding hydrogens is 350 g/mol. The Morgan fingerprint density at radius 3 is 2.59 bits per heavy atom. The number of piperidine rings is 1. The van der Waals surface area contributed by atoms with Crippen LogP contribution < -0.4 is 5.32 Å². The zero-order valence-electron chi connectivity index (χ0n) is 15.0. The van der Waals surface area contributed by atoms with Crippen LogP contribution in [0.15, 0.2) is 30.5 Å². The Hall–Kier alpha value is -3.23. The lowest BCUT2D eigenvalue weighted by Crippen LogP contribution is -2.38. The van der Waals surface area contributed by atoms with Crippen LogP contribution in [0.2, 0.25) is 0 Å². The third-order valence-corrected chi connectivity index (χ3v) is 4.57. The van der Waals surface area contributed by atoms with Gasteiger partial charge in [-0.15, -0.1) is 5.10 Å². The second-order valence-electron chi connectivity index (χ2n) is 6.67. The maximum atomic E-state index is 12.8. The number of carboxylic acid groups (broad SMARTS) is 1. The summed E-state index contributed by atoms with van der Waals surface area (Å²) in [5.41, 5.74) is 0.618. The van der Waals surface area contributed by atoms with Crippen LogP contribution in [0.4, 0.5) is 5.69 Å². The molecule has 142 valence electrons. The summed E-state index contributed by atoms with van der Waals surface area (Å²) in [5, 5.41) is 18.6. The molecule has 0 atom stereocenters. The highest BCUT2D eigenvalue weighted by Gasteiger charge is 2.23. The van der Waals surface area contributed by atoms with Crippen molar-refractivity contribution in [2.75, 3.05) is 18.4 Å². The third-order valence-electron chi connectivity index (χ3n) is 4.57. The molecular formula is C18H21N5O4. The number of para-hydroxylation sites is 1. The number of rotatable bonds is 5. The molecule has 2 amide bonds. The molecule has 1 saturated heterocycles. The third kappa shape index (κ3) is 4.49. The molecule has 0 bridgehead atoms. The van der Waals surface area contributed by atoms with Gasteiger partial charge in [0.2, 0.25) is 5.91 Å². The van der Waals surface area contributed by atoms with Gasteiger partial charge < -0.3 is 15.3 Å². The van der Waals surface area contributed by atoms with Gasteiger partial charge in [0, 0.05) is 13.1 Å². The van der Waals surface area contributed by atoms with Crippen molar-refractivity contribution < 1.29 is 19.5 Å². The molecule has 9 nitrogen and oxygen atoms in total. The maximum Gasteiger partial charge on any atom is 0.358 e. The molecule has 0 aliphatic carbocycles. The van der Waals surface area contributed by atoms with Gasteiger partial charge in [-0.05, 0) is 30.9 Å². The van der Waals surface area contributed by atoms with Crippen LogP contribution in [0, 0.1) is 5.92 Å². The van der Waals surface area contributed by atoms with E-state index < -0.39 is 11.9 Å². The zero-order chi connectivity index (χ0) is 19.4. The van der Waals surface area contributed by atoms with Crippen LogP contribution in [0.1, 0.15) is 40.6 Å². The van der Waals surface area contributed by atoms with Crippen molar-refractivity contribution in [1.82, 2.24) is 19.9 Å². The molecule has 1 aliphatic rings. The molecule has 0 saturated carbocycles. The van der Waals surface area contributed by atoms with Crippen LogP contribution in [0.3, 0.4) is 0 Å². The van der Waals surface area contributed by atoms with Crippen LogP contribution in [-0.2, 0) is 11.3 Å². The summed E-state index contributed by atoms with van der Waals surface area (Å²) in [5.74, 6) is -1.13. The smallest absolute Gasteiger partial charge is 0.358 e. The van der Waals surface area contributed by atoms with Gasteiger partial charge in [0.15, 0.2) is 5.69 Å². The van der Waals surface area contributed by atoms with Crippen molar-refractivity contribution in [3.63, 3.8) is 0 Å². The number of likely N-dealkylation sites (tertiary alicyclic amines) is 1. The SMILES string of the molecule is CC1CCN(C(=O)c2ccccc2NC(=O)Cn2cc(C(=O)O)nn2)CC1. The minimum Gasteiger partial charge on any atom is -0.476 e. The minimum atomic E-state index is -1.21. The first-order valence-corrected chi connectivity index (χ1v) is 8.75. The van der Waals surface area contributed by atoms with E-state index in [9.17, 15) is 14.4 Å². The molecule has 1 fully saturated rings. The number of nitrogens with zero attached hydrogens (tertiary/aromatic N) is 4. The second kappa shape index (κ2) is 7.98. The Morgan fingerprint density at radius 1 is 1.22 bits per heavy atom. The highest BCUT2D eigenvalue weighted by Crippen LogP contribution is 2.22. The van der Waals surface area contributed by atoms with E-state index in [1.165, 1.54) is 6.20 Å². The van der Waals surface area contributed by atoms with Gasteiger partial charge in [0.25, 0.3) is 5.91 Å². The quantitative estimate of drug-likeness (QED) is 0.822. The summed E-state index contributed by atoms with van der Waals surface area (Å²) in [6, 6.07) is 6.85. The Balaban J connectivity index is 1.68. The molecule has 0 spiro atoms. The predicted molar refractivity (Wildman–Crippen MR) is 96.4 cm³/mol. The number of carbonyl (C=O) groups excluding carboxylic acids is 2. The molecule has 1 aromatic carbocycles. The van der Waals surface area contributed by atoms with Crippen molar-refractivity contribution in [2.45, 2.75) is 26.3 Å². The summed E-state index contributed by atoms with van der Waals surface area (Å²) in [6.07, 6.45) is 3.12. The topological polar surface area (TPSA) is 117 Å². The van der Waals surface area contributed by atoms with E-state index >= 15 is 0 Å². The van der Waals surface area contributed by atoms with Crippen LogP contribution >= 0.6 is 0 Å². The largest absolute Gasteiger partial charge is 0.476 e. The van der Waals surface area contributed by atoms with Gasteiger partial charge in [0.1, 0.15) is 6.54 Å². The monoisotopic (exact) mass is 371 g/mol. The molecule has 0 radical (unpaired) electrons. The molecule has 9 heteroatoms.